The third kappa shape index (κ3) is 18.6. The minimum atomic E-state index is -4.89. The lowest BCUT2D eigenvalue weighted by Gasteiger charge is -2.19. The summed E-state index contributed by atoms with van der Waals surface area (Å²) in [4.78, 5) is 61.9. The van der Waals surface area contributed by atoms with Gasteiger partial charge in [0.25, 0.3) is 0 Å². The summed E-state index contributed by atoms with van der Waals surface area (Å²) in [6.07, 6.45) is -4.01. The first-order valence-corrected chi connectivity index (χ1v) is 8.47. The van der Waals surface area contributed by atoms with Crippen molar-refractivity contribution in [2.45, 2.75) is 32.5 Å². The highest BCUT2D eigenvalue weighted by Gasteiger charge is 2.38. The fourth-order valence-corrected chi connectivity index (χ4v) is 0.877. The van der Waals surface area contributed by atoms with Crippen molar-refractivity contribution in [2.24, 2.45) is 0 Å². The molecule has 0 saturated heterocycles. The van der Waals surface area contributed by atoms with Gasteiger partial charge < -0.3 is 29.5 Å². The minimum Gasteiger partial charge on any atom is -0.479 e. The third-order valence-corrected chi connectivity index (χ3v) is 2.66. The molecule has 0 bridgehead atoms. The average Bonchev–Trinajstić information content (AvgIpc) is 2.69. The summed E-state index contributed by atoms with van der Waals surface area (Å²) < 4.78 is 47.7. The molecule has 0 saturated carbocycles. The Morgan fingerprint density at radius 2 is 1.35 bits per heavy atom. The van der Waals surface area contributed by atoms with Gasteiger partial charge in [-0.1, -0.05) is 19.7 Å². The van der Waals surface area contributed by atoms with Gasteiger partial charge >= 0.3 is 42.0 Å². The molecule has 0 unspecified atom stereocenters. The lowest BCUT2D eigenvalue weighted by molar-refractivity contribution is -0.178. The Hall–Kier alpha value is -4.17. The number of alkyl halides is 3. The standard InChI is InChI=1S/C9H12O6.C6H5F3O4.C4H6O2/c1-4-6(10)14-5-7(11)15-9(2,3)8(12)13;1-3(6(7,8)9)5(12)13-2-4(10)11;1-3(2)4(5)6/h4H,1,5H2,2-3H3,(H,12,13);1-2H2,(H,10,11);1H2,2H3,(H,5,6). The maximum atomic E-state index is 11.7. The van der Waals surface area contributed by atoms with Crippen LogP contribution in [0.4, 0.5) is 13.2 Å². The smallest absolute Gasteiger partial charge is 0.422 e. The molecule has 0 heterocycles. The van der Waals surface area contributed by atoms with E-state index in [0.717, 1.165) is 6.08 Å². The highest BCUT2D eigenvalue weighted by atomic mass is 19.4. The van der Waals surface area contributed by atoms with Gasteiger partial charge in [-0.25, -0.2) is 28.8 Å². The van der Waals surface area contributed by atoms with E-state index >= 15 is 0 Å². The van der Waals surface area contributed by atoms with Gasteiger partial charge in [0.15, 0.2) is 13.2 Å². The van der Waals surface area contributed by atoms with Crippen LogP contribution in [-0.2, 0) is 43.0 Å². The van der Waals surface area contributed by atoms with Crippen LogP contribution in [0, 0.1) is 0 Å². The zero-order valence-corrected chi connectivity index (χ0v) is 18.3. The lowest BCUT2D eigenvalue weighted by Crippen LogP contribution is -2.38. The molecule has 0 rings (SSSR count). The van der Waals surface area contributed by atoms with Crippen molar-refractivity contribution in [1.82, 2.24) is 0 Å². The number of hydrogen-bond donors (Lipinski definition) is 3. The molecular weight excluding hydrogens is 477 g/mol. The van der Waals surface area contributed by atoms with Crippen LogP contribution in [0.3, 0.4) is 0 Å². The Bertz CT molecular complexity index is 813. The van der Waals surface area contributed by atoms with Gasteiger partial charge in [0.05, 0.1) is 0 Å². The molecule has 0 aromatic heterocycles. The topological polar surface area (TPSA) is 191 Å². The predicted molar refractivity (Wildman–Crippen MR) is 105 cm³/mol. The van der Waals surface area contributed by atoms with Gasteiger partial charge in [-0.3, -0.25) is 0 Å². The molecule has 0 aromatic carbocycles. The molecule has 192 valence electrons. The number of esters is 3. The molecule has 0 aliphatic carbocycles. The number of halogens is 3. The van der Waals surface area contributed by atoms with E-state index in [1.54, 1.807) is 0 Å². The van der Waals surface area contributed by atoms with E-state index < -0.39 is 66.4 Å². The van der Waals surface area contributed by atoms with Crippen LogP contribution in [0.5, 0.6) is 0 Å². The maximum Gasteiger partial charge on any atom is 0.422 e. The van der Waals surface area contributed by atoms with Gasteiger partial charge in [0.2, 0.25) is 5.60 Å². The Morgan fingerprint density at radius 3 is 1.65 bits per heavy atom. The zero-order chi connectivity index (χ0) is 27.9. The summed E-state index contributed by atoms with van der Waals surface area (Å²) in [7, 11) is 0. The maximum absolute atomic E-state index is 11.7. The molecule has 0 amide bonds. The van der Waals surface area contributed by atoms with Crippen molar-refractivity contribution in [3.05, 3.63) is 37.0 Å². The van der Waals surface area contributed by atoms with E-state index in [1.165, 1.54) is 20.8 Å². The summed E-state index contributed by atoms with van der Waals surface area (Å²) in [5.41, 5.74) is -3.19. The molecule has 34 heavy (non-hydrogen) atoms. The number of carbonyl (C=O) groups excluding carboxylic acids is 3. The quantitative estimate of drug-likeness (QED) is 0.235. The second-order valence-electron chi connectivity index (χ2n) is 6.13. The molecule has 0 aliphatic heterocycles. The summed E-state index contributed by atoms with van der Waals surface area (Å²) in [5.74, 6) is -7.25. The normalized spacial score (nSPS) is 9.94. The van der Waals surface area contributed by atoms with E-state index in [-0.39, 0.29) is 5.57 Å². The third-order valence-electron chi connectivity index (χ3n) is 2.66. The molecule has 15 heteroatoms. The van der Waals surface area contributed by atoms with Crippen molar-refractivity contribution < 1.29 is 71.5 Å². The van der Waals surface area contributed by atoms with Crippen molar-refractivity contribution in [2.75, 3.05) is 13.2 Å². The Kier molecular flexibility index (Phi) is 15.8. The number of carboxylic acid groups (broad SMARTS) is 3. The summed E-state index contributed by atoms with van der Waals surface area (Å²) >= 11 is 0. The second kappa shape index (κ2) is 15.6. The molecule has 3 N–H and O–H groups in total. The van der Waals surface area contributed by atoms with E-state index in [1.807, 2.05) is 0 Å². The number of carboxylic acids is 3. The van der Waals surface area contributed by atoms with E-state index in [4.69, 9.17) is 15.3 Å². The van der Waals surface area contributed by atoms with Crippen LogP contribution in [0.25, 0.3) is 0 Å². The molecule has 0 atom stereocenters. The molecule has 12 nitrogen and oxygen atoms in total. The second-order valence-corrected chi connectivity index (χ2v) is 6.13. The molecule has 0 fully saturated rings. The number of ether oxygens (including phenoxy) is 3. The summed E-state index contributed by atoms with van der Waals surface area (Å²) in [5, 5.41) is 24.5. The van der Waals surface area contributed by atoms with Gasteiger partial charge in [0.1, 0.15) is 5.57 Å². The summed E-state index contributed by atoms with van der Waals surface area (Å²) in [6.45, 7) is 10.8. The van der Waals surface area contributed by atoms with Crippen molar-refractivity contribution >= 4 is 35.8 Å². The Labute approximate surface area is 190 Å². The zero-order valence-electron chi connectivity index (χ0n) is 18.3. The van der Waals surface area contributed by atoms with Crippen molar-refractivity contribution in [3.63, 3.8) is 0 Å². The molecule has 0 spiro atoms. The number of carbonyl (C=O) groups is 6. The van der Waals surface area contributed by atoms with Crippen LogP contribution in [0.15, 0.2) is 37.0 Å². The molecule has 0 aliphatic rings. The number of aliphatic carboxylic acids is 3. The fourth-order valence-electron chi connectivity index (χ4n) is 0.877. The van der Waals surface area contributed by atoms with Crippen LogP contribution < -0.4 is 0 Å². The fraction of sp³-hybridized carbons (Fsp3) is 0.368. The van der Waals surface area contributed by atoms with Gasteiger partial charge in [-0.15, -0.1) is 0 Å². The highest BCUT2D eigenvalue weighted by Crippen LogP contribution is 2.24. The van der Waals surface area contributed by atoms with E-state index in [2.05, 4.69) is 33.9 Å². The molecular formula is C19H23F3O12. The highest BCUT2D eigenvalue weighted by molar-refractivity contribution is 5.90. The van der Waals surface area contributed by atoms with Crippen LogP contribution in [0.1, 0.15) is 20.8 Å². The Balaban J connectivity index is -0.000000461. The van der Waals surface area contributed by atoms with Gasteiger partial charge in [-0.2, -0.15) is 13.2 Å². The number of rotatable bonds is 9. The van der Waals surface area contributed by atoms with Gasteiger partial charge in [-0.05, 0) is 20.8 Å². The average molecular weight is 500 g/mol. The minimum absolute atomic E-state index is 0.176. The van der Waals surface area contributed by atoms with Crippen LogP contribution in [-0.4, -0.2) is 76.1 Å². The predicted octanol–water partition coefficient (Wildman–Crippen LogP) is 1.50. The lowest BCUT2D eigenvalue weighted by atomic mass is 10.1. The molecule has 0 radical (unpaired) electrons. The summed E-state index contributed by atoms with van der Waals surface area (Å²) in [6, 6.07) is 0. The van der Waals surface area contributed by atoms with Crippen LogP contribution in [0.2, 0.25) is 0 Å². The van der Waals surface area contributed by atoms with Crippen molar-refractivity contribution in [1.29, 1.82) is 0 Å². The largest absolute Gasteiger partial charge is 0.479 e. The molecule has 0 aromatic rings. The SMILES string of the molecule is C=C(C(=O)OCC(=O)O)C(F)(F)F.C=C(C)C(=O)O.C=CC(=O)OCC(=O)OC(C)(C)C(=O)O. The first-order valence-electron chi connectivity index (χ1n) is 8.47. The first kappa shape index (κ1) is 34.4. The van der Waals surface area contributed by atoms with Crippen LogP contribution >= 0.6 is 0 Å². The number of hydrogen-bond acceptors (Lipinski definition) is 9. The Morgan fingerprint density at radius 1 is 0.912 bits per heavy atom. The van der Waals surface area contributed by atoms with Crippen molar-refractivity contribution in [3.8, 4) is 0 Å². The van der Waals surface area contributed by atoms with E-state index in [9.17, 15) is 41.9 Å². The monoisotopic (exact) mass is 500 g/mol. The van der Waals surface area contributed by atoms with E-state index in [0.29, 0.717) is 0 Å². The van der Waals surface area contributed by atoms with Gasteiger partial charge in [0, 0.05) is 11.6 Å². The first-order chi connectivity index (χ1) is 15.2.